The number of hydrogen-bond donors (Lipinski definition) is 1. The number of Topliss-reactive ketones (excluding diaryl/α,β-unsaturated/α-hetero) is 2. The second-order valence-corrected chi connectivity index (χ2v) is 4.66. The molecule has 1 aromatic heterocycles. The molecule has 104 valence electrons. The highest BCUT2D eigenvalue weighted by molar-refractivity contribution is 6.50. The summed E-state index contributed by atoms with van der Waals surface area (Å²) in [5, 5.41) is -0.391. The van der Waals surface area contributed by atoms with E-state index in [1.165, 1.54) is 7.11 Å². The number of rotatable bonds is 1. The van der Waals surface area contributed by atoms with Crippen LogP contribution < -0.4 is 5.73 Å². The SMILES string of the molecule is COC(=O)c1c(C)nc(C)c2c1C(=O)C(Cl)=C(N)C2=O. The molecule has 1 aliphatic carbocycles. The summed E-state index contributed by atoms with van der Waals surface area (Å²) in [5.74, 6) is -2.04. The maximum absolute atomic E-state index is 12.3. The van der Waals surface area contributed by atoms with Gasteiger partial charge in [0.25, 0.3) is 0 Å². The first kappa shape index (κ1) is 14.2. The standard InChI is InChI=1S/C13H11ClN2O4/c1-4-6-8(7(5(2)16-4)13(19)20-3)11(17)9(14)10(15)12(6)18/h15H2,1-3H3. The Balaban J connectivity index is 2.92. The summed E-state index contributed by atoms with van der Waals surface area (Å²) in [4.78, 5) is 40.4. The average Bonchev–Trinajstić information content (AvgIpc) is 2.41. The molecule has 6 nitrogen and oxygen atoms in total. The molecule has 0 amide bonds. The Hall–Kier alpha value is -2.21. The van der Waals surface area contributed by atoms with Crippen molar-refractivity contribution >= 4 is 29.1 Å². The van der Waals surface area contributed by atoms with Crippen molar-refractivity contribution in [2.45, 2.75) is 13.8 Å². The van der Waals surface area contributed by atoms with Gasteiger partial charge in [-0.1, -0.05) is 11.6 Å². The summed E-state index contributed by atoms with van der Waals surface area (Å²) in [6.07, 6.45) is 0. The molecule has 0 atom stereocenters. The first-order valence-electron chi connectivity index (χ1n) is 5.65. The Morgan fingerprint density at radius 1 is 1.15 bits per heavy atom. The van der Waals surface area contributed by atoms with Gasteiger partial charge in [-0.05, 0) is 13.8 Å². The minimum atomic E-state index is -0.752. The van der Waals surface area contributed by atoms with Crippen LogP contribution in [0.1, 0.15) is 42.5 Å². The number of nitrogens with two attached hydrogens (primary N) is 1. The summed E-state index contributed by atoms with van der Waals surface area (Å²) < 4.78 is 4.64. The minimum Gasteiger partial charge on any atom is -0.465 e. The summed E-state index contributed by atoms with van der Waals surface area (Å²) >= 11 is 5.78. The van der Waals surface area contributed by atoms with E-state index >= 15 is 0 Å². The number of esters is 1. The minimum absolute atomic E-state index is 0.00269. The molecule has 1 heterocycles. The number of carbonyl (C=O) groups excluding carboxylic acids is 3. The molecule has 0 spiro atoms. The average molecular weight is 295 g/mol. The van der Waals surface area contributed by atoms with Crippen LogP contribution >= 0.6 is 11.6 Å². The smallest absolute Gasteiger partial charge is 0.340 e. The lowest BCUT2D eigenvalue weighted by molar-refractivity contribution is 0.0596. The van der Waals surface area contributed by atoms with Crippen LogP contribution in [0.5, 0.6) is 0 Å². The van der Waals surface area contributed by atoms with E-state index in [1.54, 1.807) is 13.8 Å². The Kier molecular flexibility index (Phi) is 3.35. The number of nitrogens with zero attached hydrogens (tertiary/aromatic N) is 1. The fourth-order valence-electron chi connectivity index (χ4n) is 2.17. The molecule has 0 saturated heterocycles. The maximum Gasteiger partial charge on any atom is 0.340 e. The fraction of sp³-hybridized carbons (Fsp3) is 0.231. The van der Waals surface area contributed by atoms with Crippen LogP contribution in [0.25, 0.3) is 0 Å². The Morgan fingerprint density at radius 2 is 1.75 bits per heavy atom. The number of pyridine rings is 1. The van der Waals surface area contributed by atoms with Crippen molar-refractivity contribution in [2.75, 3.05) is 7.11 Å². The lowest BCUT2D eigenvalue weighted by Crippen LogP contribution is -2.29. The van der Waals surface area contributed by atoms with E-state index < -0.39 is 22.6 Å². The monoisotopic (exact) mass is 294 g/mol. The predicted octanol–water partition coefficient (Wildman–Crippen LogP) is 1.27. The normalized spacial score (nSPS) is 14.4. The quantitative estimate of drug-likeness (QED) is 0.783. The number of aryl methyl sites for hydroxylation is 2. The fourth-order valence-corrected chi connectivity index (χ4v) is 2.35. The highest BCUT2D eigenvalue weighted by Crippen LogP contribution is 2.31. The van der Waals surface area contributed by atoms with Crippen LogP contribution in [-0.2, 0) is 4.74 Å². The van der Waals surface area contributed by atoms with Gasteiger partial charge in [-0.2, -0.15) is 0 Å². The molecule has 0 unspecified atom stereocenters. The molecule has 7 heteroatoms. The molecule has 2 rings (SSSR count). The largest absolute Gasteiger partial charge is 0.465 e. The van der Waals surface area contributed by atoms with Crippen molar-refractivity contribution < 1.29 is 19.1 Å². The highest BCUT2D eigenvalue weighted by atomic mass is 35.5. The number of ether oxygens (including phenoxy) is 1. The van der Waals surface area contributed by atoms with Gasteiger partial charge in [0.2, 0.25) is 11.6 Å². The van der Waals surface area contributed by atoms with Gasteiger partial charge < -0.3 is 10.5 Å². The Labute approximate surface area is 119 Å². The van der Waals surface area contributed by atoms with Crippen LogP contribution in [0.15, 0.2) is 10.7 Å². The highest BCUT2D eigenvalue weighted by Gasteiger charge is 2.36. The second-order valence-electron chi connectivity index (χ2n) is 4.29. The van der Waals surface area contributed by atoms with Gasteiger partial charge in [-0.25, -0.2) is 4.79 Å². The van der Waals surface area contributed by atoms with Crippen molar-refractivity contribution in [3.05, 3.63) is 38.8 Å². The number of allylic oxidation sites excluding steroid dienone is 2. The Bertz CT molecular complexity index is 707. The molecule has 0 fully saturated rings. The molecule has 0 radical (unpaired) electrons. The van der Waals surface area contributed by atoms with E-state index in [1.807, 2.05) is 0 Å². The number of fused-ring (bicyclic) bond motifs is 1. The van der Waals surface area contributed by atoms with Crippen LogP contribution in [-0.4, -0.2) is 29.6 Å². The molecule has 1 aliphatic rings. The van der Waals surface area contributed by atoms with E-state index in [4.69, 9.17) is 17.3 Å². The summed E-state index contributed by atoms with van der Waals surface area (Å²) in [7, 11) is 1.18. The van der Waals surface area contributed by atoms with Gasteiger partial charge >= 0.3 is 5.97 Å². The third kappa shape index (κ3) is 1.80. The maximum atomic E-state index is 12.3. The van der Waals surface area contributed by atoms with Crippen molar-refractivity contribution in [3.8, 4) is 0 Å². The zero-order valence-electron chi connectivity index (χ0n) is 11.0. The Morgan fingerprint density at radius 3 is 2.30 bits per heavy atom. The number of hydrogen-bond acceptors (Lipinski definition) is 6. The lowest BCUT2D eigenvalue weighted by atomic mass is 9.87. The first-order valence-corrected chi connectivity index (χ1v) is 6.03. The molecular formula is C13H11ClN2O4. The molecular weight excluding hydrogens is 284 g/mol. The first-order chi connectivity index (χ1) is 9.31. The number of methoxy groups -OCH3 is 1. The molecule has 0 bridgehead atoms. The van der Waals surface area contributed by atoms with Crippen molar-refractivity contribution in [1.29, 1.82) is 0 Å². The van der Waals surface area contributed by atoms with Crippen molar-refractivity contribution in [3.63, 3.8) is 0 Å². The van der Waals surface area contributed by atoms with Gasteiger partial charge in [0.1, 0.15) is 10.7 Å². The van der Waals surface area contributed by atoms with E-state index in [9.17, 15) is 14.4 Å². The zero-order valence-corrected chi connectivity index (χ0v) is 11.8. The van der Waals surface area contributed by atoms with Crippen molar-refractivity contribution in [2.24, 2.45) is 5.73 Å². The van der Waals surface area contributed by atoms with Gasteiger partial charge in [0.15, 0.2) is 0 Å². The molecule has 0 saturated carbocycles. The van der Waals surface area contributed by atoms with Crippen molar-refractivity contribution in [1.82, 2.24) is 4.98 Å². The topological polar surface area (TPSA) is 99.3 Å². The number of halogens is 1. The summed E-state index contributed by atoms with van der Waals surface area (Å²) in [6.45, 7) is 3.11. The number of aromatic nitrogens is 1. The van der Waals surface area contributed by atoms with Gasteiger partial charge in [0, 0.05) is 5.69 Å². The van der Waals surface area contributed by atoms with E-state index in [0.717, 1.165) is 0 Å². The second kappa shape index (κ2) is 4.72. The third-order valence-corrected chi connectivity index (χ3v) is 3.46. The predicted molar refractivity (Wildman–Crippen MR) is 70.8 cm³/mol. The molecule has 0 aromatic carbocycles. The van der Waals surface area contributed by atoms with Gasteiger partial charge in [-0.15, -0.1) is 0 Å². The lowest BCUT2D eigenvalue weighted by Gasteiger charge is -2.20. The van der Waals surface area contributed by atoms with Crippen LogP contribution in [0.4, 0.5) is 0 Å². The number of carbonyl (C=O) groups is 3. The van der Waals surface area contributed by atoms with Crippen LogP contribution in [0, 0.1) is 13.8 Å². The molecule has 20 heavy (non-hydrogen) atoms. The van der Waals surface area contributed by atoms with Crippen LogP contribution in [0.2, 0.25) is 0 Å². The summed E-state index contributed by atoms with van der Waals surface area (Å²) in [6, 6.07) is 0. The van der Waals surface area contributed by atoms with Crippen LogP contribution in [0.3, 0.4) is 0 Å². The zero-order chi connectivity index (χ0) is 15.2. The van der Waals surface area contributed by atoms with Gasteiger partial charge in [0.05, 0.1) is 29.5 Å². The van der Waals surface area contributed by atoms with Gasteiger partial charge in [-0.3, -0.25) is 14.6 Å². The molecule has 2 N–H and O–H groups in total. The number of ketones is 2. The van der Waals surface area contributed by atoms with E-state index in [-0.39, 0.29) is 22.4 Å². The summed E-state index contributed by atoms with van der Waals surface area (Å²) in [5.41, 5.74) is 5.65. The third-order valence-electron chi connectivity index (χ3n) is 3.08. The molecule has 1 aromatic rings. The van der Waals surface area contributed by atoms with E-state index in [2.05, 4.69) is 9.72 Å². The molecule has 0 aliphatic heterocycles. The van der Waals surface area contributed by atoms with E-state index in [0.29, 0.717) is 11.4 Å².